The van der Waals surface area contributed by atoms with Crippen molar-refractivity contribution in [3.63, 3.8) is 0 Å². The number of anilines is 1. The summed E-state index contributed by atoms with van der Waals surface area (Å²) in [5, 5.41) is 3.25. The lowest BCUT2D eigenvalue weighted by Crippen LogP contribution is -2.13. The van der Waals surface area contributed by atoms with Crippen LogP contribution in [0.4, 0.5) is 5.82 Å². The van der Waals surface area contributed by atoms with Crippen LogP contribution in [0.3, 0.4) is 0 Å². The molecule has 102 valence electrons. The highest BCUT2D eigenvalue weighted by Gasteiger charge is 2.06. The van der Waals surface area contributed by atoms with Crippen LogP contribution < -0.4 is 5.32 Å². The highest BCUT2D eigenvalue weighted by atomic mass is 79.9. The van der Waals surface area contributed by atoms with Crippen LogP contribution in [0.15, 0.2) is 10.7 Å². The minimum absolute atomic E-state index is 0.320. The molecule has 0 aliphatic rings. The van der Waals surface area contributed by atoms with E-state index in [9.17, 15) is 0 Å². The fourth-order valence-corrected chi connectivity index (χ4v) is 1.75. The standard InChI is InChI=1S/C13H22BrN3O/c1-9(2)8-18-6-5-15-12-7-11(14)16-13(17-12)10(3)4/h7,9-10H,5-6,8H2,1-4H3,(H,15,16,17). The first-order valence-electron chi connectivity index (χ1n) is 6.35. The van der Waals surface area contributed by atoms with E-state index < -0.39 is 0 Å². The first-order chi connectivity index (χ1) is 8.49. The fourth-order valence-electron chi connectivity index (χ4n) is 1.35. The van der Waals surface area contributed by atoms with Gasteiger partial charge in [0.1, 0.15) is 16.2 Å². The smallest absolute Gasteiger partial charge is 0.134 e. The van der Waals surface area contributed by atoms with Gasteiger partial charge in [-0.15, -0.1) is 0 Å². The topological polar surface area (TPSA) is 47.0 Å². The van der Waals surface area contributed by atoms with Gasteiger partial charge in [-0.2, -0.15) is 0 Å². The van der Waals surface area contributed by atoms with Gasteiger partial charge < -0.3 is 10.1 Å². The van der Waals surface area contributed by atoms with Crippen molar-refractivity contribution in [2.75, 3.05) is 25.1 Å². The van der Waals surface area contributed by atoms with E-state index in [0.717, 1.165) is 29.4 Å². The molecule has 0 fully saturated rings. The van der Waals surface area contributed by atoms with Crippen molar-refractivity contribution in [3.05, 3.63) is 16.5 Å². The second-order valence-corrected chi connectivity index (χ2v) is 5.80. The molecule has 0 unspecified atom stereocenters. The van der Waals surface area contributed by atoms with Crippen LogP contribution in [0.1, 0.15) is 39.4 Å². The molecule has 0 aliphatic heterocycles. The largest absolute Gasteiger partial charge is 0.379 e. The molecule has 0 amide bonds. The first kappa shape index (κ1) is 15.4. The Balaban J connectivity index is 2.42. The Bertz CT molecular complexity index is 369. The fraction of sp³-hybridized carbons (Fsp3) is 0.692. The van der Waals surface area contributed by atoms with Gasteiger partial charge in [-0.25, -0.2) is 9.97 Å². The molecule has 0 saturated heterocycles. The number of rotatable bonds is 7. The SMILES string of the molecule is CC(C)COCCNc1cc(Br)nc(C(C)C)n1. The Morgan fingerprint density at radius 2 is 2.00 bits per heavy atom. The van der Waals surface area contributed by atoms with Crippen molar-refractivity contribution < 1.29 is 4.74 Å². The van der Waals surface area contributed by atoms with E-state index in [-0.39, 0.29) is 0 Å². The summed E-state index contributed by atoms with van der Waals surface area (Å²) in [6, 6.07) is 1.88. The highest BCUT2D eigenvalue weighted by Crippen LogP contribution is 2.17. The van der Waals surface area contributed by atoms with Gasteiger partial charge in [0, 0.05) is 25.1 Å². The van der Waals surface area contributed by atoms with Crippen molar-refractivity contribution in [3.8, 4) is 0 Å². The molecule has 0 spiro atoms. The number of nitrogens with one attached hydrogen (secondary N) is 1. The lowest BCUT2D eigenvalue weighted by atomic mass is 10.2. The molecule has 0 saturated carbocycles. The molecule has 5 heteroatoms. The second-order valence-electron chi connectivity index (χ2n) is 4.98. The normalized spacial score (nSPS) is 11.3. The van der Waals surface area contributed by atoms with Crippen LogP contribution in [0.25, 0.3) is 0 Å². The Hall–Kier alpha value is -0.680. The molecule has 1 aromatic rings. The van der Waals surface area contributed by atoms with Gasteiger partial charge in [0.2, 0.25) is 0 Å². The van der Waals surface area contributed by atoms with Crippen molar-refractivity contribution in [2.45, 2.75) is 33.6 Å². The van der Waals surface area contributed by atoms with Crippen molar-refractivity contribution >= 4 is 21.7 Å². The quantitative estimate of drug-likeness (QED) is 0.618. The Labute approximate surface area is 118 Å². The van der Waals surface area contributed by atoms with Crippen LogP contribution in [-0.2, 0) is 4.74 Å². The summed E-state index contributed by atoms with van der Waals surface area (Å²) in [7, 11) is 0. The Morgan fingerprint density at radius 1 is 1.28 bits per heavy atom. The van der Waals surface area contributed by atoms with E-state index in [2.05, 4.69) is 58.9 Å². The maximum atomic E-state index is 5.51. The third-order valence-electron chi connectivity index (χ3n) is 2.23. The van der Waals surface area contributed by atoms with Crippen LogP contribution in [0.5, 0.6) is 0 Å². The highest BCUT2D eigenvalue weighted by molar-refractivity contribution is 9.10. The number of nitrogens with zero attached hydrogens (tertiary/aromatic N) is 2. The lowest BCUT2D eigenvalue weighted by Gasteiger charge is -2.10. The molecule has 18 heavy (non-hydrogen) atoms. The maximum absolute atomic E-state index is 5.51. The first-order valence-corrected chi connectivity index (χ1v) is 7.14. The zero-order chi connectivity index (χ0) is 13.5. The third-order valence-corrected chi connectivity index (χ3v) is 2.64. The third kappa shape index (κ3) is 5.78. The van der Waals surface area contributed by atoms with Gasteiger partial charge in [-0.3, -0.25) is 0 Å². The van der Waals surface area contributed by atoms with Gasteiger partial charge in [-0.05, 0) is 21.8 Å². The zero-order valence-electron chi connectivity index (χ0n) is 11.5. The molecule has 0 radical (unpaired) electrons. The minimum Gasteiger partial charge on any atom is -0.379 e. The molecule has 4 nitrogen and oxygen atoms in total. The van der Waals surface area contributed by atoms with Gasteiger partial charge in [0.05, 0.1) is 6.61 Å². The van der Waals surface area contributed by atoms with Crippen LogP contribution in [-0.4, -0.2) is 29.7 Å². The van der Waals surface area contributed by atoms with E-state index in [4.69, 9.17) is 4.74 Å². The second kappa shape index (κ2) is 7.69. The Morgan fingerprint density at radius 3 is 2.61 bits per heavy atom. The van der Waals surface area contributed by atoms with Crippen molar-refractivity contribution in [2.24, 2.45) is 5.92 Å². The van der Waals surface area contributed by atoms with E-state index >= 15 is 0 Å². The summed E-state index contributed by atoms with van der Waals surface area (Å²) >= 11 is 3.40. The summed E-state index contributed by atoms with van der Waals surface area (Å²) < 4.78 is 6.32. The maximum Gasteiger partial charge on any atom is 0.134 e. The van der Waals surface area contributed by atoms with Crippen LogP contribution in [0, 0.1) is 5.92 Å². The minimum atomic E-state index is 0.320. The predicted molar refractivity (Wildman–Crippen MR) is 78.0 cm³/mol. The molecule has 0 atom stereocenters. The molecule has 1 heterocycles. The molecule has 0 aromatic carbocycles. The number of halogens is 1. The molecule has 0 bridgehead atoms. The van der Waals surface area contributed by atoms with E-state index in [1.54, 1.807) is 0 Å². The van der Waals surface area contributed by atoms with E-state index in [1.165, 1.54) is 0 Å². The molecule has 0 aliphatic carbocycles. The number of aromatic nitrogens is 2. The van der Waals surface area contributed by atoms with Crippen LogP contribution >= 0.6 is 15.9 Å². The predicted octanol–water partition coefficient (Wildman–Crippen LogP) is 3.45. The van der Waals surface area contributed by atoms with Gasteiger partial charge in [0.25, 0.3) is 0 Å². The van der Waals surface area contributed by atoms with Gasteiger partial charge >= 0.3 is 0 Å². The van der Waals surface area contributed by atoms with Gasteiger partial charge in [0.15, 0.2) is 0 Å². The van der Waals surface area contributed by atoms with Crippen LogP contribution in [0.2, 0.25) is 0 Å². The molecular formula is C13H22BrN3O. The Kier molecular flexibility index (Phi) is 6.57. The summed E-state index contributed by atoms with van der Waals surface area (Å²) in [6.07, 6.45) is 0. The number of hydrogen-bond acceptors (Lipinski definition) is 4. The summed E-state index contributed by atoms with van der Waals surface area (Å²) in [5.74, 6) is 2.58. The van der Waals surface area contributed by atoms with Crippen molar-refractivity contribution in [1.82, 2.24) is 9.97 Å². The number of ether oxygens (including phenoxy) is 1. The molecule has 1 N–H and O–H groups in total. The monoisotopic (exact) mass is 315 g/mol. The van der Waals surface area contributed by atoms with Gasteiger partial charge in [-0.1, -0.05) is 27.7 Å². The summed E-state index contributed by atoms with van der Waals surface area (Å²) in [5.41, 5.74) is 0. The molecule has 1 rings (SSSR count). The van der Waals surface area contributed by atoms with E-state index in [1.807, 2.05) is 6.07 Å². The zero-order valence-corrected chi connectivity index (χ0v) is 13.1. The summed E-state index contributed by atoms with van der Waals surface area (Å²) in [6.45, 7) is 10.7. The van der Waals surface area contributed by atoms with E-state index in [0.29, 0.717) is 18.4 Å². The molecule has 1 aromatic heterocycles. The molecular weight excluding hydrogens is 294 g/mol. The average molecular weight is 316 g/mol. The number of hydrogen-bond donors (Lipinski definition) is 1. The van der Waals surface area contributed by atoms with Crippen molar-refractivity contribution in [1.29, 1.82) is 0 Å². The lowest BCUT2D eigenvalue weighted by molar-refractivity contribution is 0.118. The average Bonchev–Trinajstić information content (AvgIpc) is 2.27. The summed E-state index contributed by atoms with van der Waals surface area (Å²) in [4.78, 5) is 8.79.